The minimum atomic E-state index is -0.911. The van der Waals surface area contributed by atoms with Gasteiger partial charge >= 0.3 is 6.09 Å². The zero-order chi connectivity index (χ0) is 17.3. The highest BCUT2D eigenvalue weighted by Crippen LogP contribution is 2.29. The van der Waals surface area contributed by atoms with Crippen LogP contribution < -0.4 is 0 Å². The second kappa shape index (κ2) is 6.13. The maximum absolute atomic E-state index is 12.7. The van der Waals surface area contributed by atoms with Crippen molar-refractivity contribution in [1.82, 2.24) is 4.57 Å². The Balaban J connectivity index is 2.13. The summed E-state index contributed by atoms with van der Waals surface area (Å²) in [5.41, 5.74) is 1.33. The minimum Gasteiger partial charge on any atom is -0.443 e. The lowest BCUT2D eigenvalue weighted by Crippen LogP contribution is -2.28. The Morgan fingerprint density at radius 3 is 2.33 bits per heavy atom. The van der Waals surface area contributed by atoms with Gasteiger partial charge in [0.15, 0.2) is 0 Å². The van der Waals surface area contributed by atoms with Crippen molar-refractivity contribution < 1.29 is 14.6 Å². The van der Waals surface area contributed by atoms with E-state index in [0.29, 0.717) is 5.69 Å². The SMILES string of the molecule is CC(C)(C)OC(=O)n1c(C(O)c2ccccc2)cc2ccccc21. The van der Waals surface area contributed by atoms with Gasteiger partial charge in [0.25, 0.3) is 0 Å². The van der Waals surface area contributed by atoms with Gasteiger partial charge in [0.2, 0.25) is 0 Å². The van der Waals surface area contributed by atoms with Crippen LogP contribution in [0.2, 0.25) is 0 Å². The van der Waals surface area contributed by atoms with E-state index in [0.717, 1.165) is 16.5 Å². The van der Waals surface area contributed by atoms with Crippen molar-refractivity contribution in [1.29, 1.82) is 0 Å². The number of aromatic nitrogens is 1. The number of carbonyl (C=O) groups excluding carboxylic acids is 1. The van der Waals surface area contributed by atoms with Gasteiger partial charge in [0.05, 0.1) is 11.2 Å². The fraction of sp³-hybridized carbons (Fsp3) is 0.250. The number of aliphatic hydroxyl groups excluding tert-OH is 1. The van der Waals surface area contributed by atoms with Crippen molar-refractivity contribution in [2.24, 2.45) is 0 Å². The molecule has 2 aromatic carbocycles. The predicted molar refractivity (Wildman–Crippen MR) is 94.1 cm³/mol. The molecule has 3 rings (SSSR count). The van der Waals surface area contributed by atoms with Crippen molar-refractivity contribution in [2.45, 2.75) is 32.5 Å². The van der Waals surface area contributed by atoms with E-state index in [1.165, 1.54) is 4.57 Å². The number of hydrogen-bond donors (Lipinski definition) is 1. The molecule has 0 aliphatic carbocycles. The summed E-state index contributed by atoms with van der Waals surface area (Å²) in [6, 6.07) is 18.6. The van der Waals surface area contributed by atoms with E-state index in [1.807, 2.05) is 81.4 Å². The Morgan fingerprint density at radius 1 is 1.04 bits per heavy atom. The molecule has 1 N–H and O–H groups in total. The van der Waals surface area contributed by atoms with E-state index in [9.17, 15) is 9.90 Å². The van der Waals surface area contributed by atoms with Crippen LogP contribution in [0.4, 0.5) is 4.79 Å². The van der Waals surface area contributed by atoms with Crippen molar-refractivity contribution in [3.05, 3.63) is 71.9 Å². The van der Waals surface area contributed by atoms with Gasteiger partial charge in [-0.3, -0.25) is 0 Å². The molecule has 0 amide bonds. The molecular weight excluding hydrogens is 302 g/mol. The Hall–Kier alpha value is -2.59. The number of benzene rings is 2. The summed E-state index contributed by atoms with van der Waals surface area (Å²) >= 11 is 0. The van der Waals surface area contributed by atoms with E-state index < -0.39 is 17.8 Å². The summed E-state index contributed by atoms with van der Waals surface area (Å²) in [5, 5.41) is 11.7. The number of aliphatic hydroxyl groups is 1. The summed E-state index contributed by atoms with van der Waals surface area (Å²) in [5.74, 6) is 0. The molecule has 0 spiro atoms. The van der Waals surface area contributed by atoms with Gasteiger partial charge in [0, 0.05) is 5.39 Å². The molecule has 0 saturated carbocycles. The number of rotatable bonds is 2. The smallest absolute Gasteiger partial charge is 0.419 e. The topological polar surface area (TPSA) is 51.5 Å². The molecule has 1 atom stereocenters. The number of para-hydroxylation sites is 1. The highest BCUT2D eigenvalue weighted by molar-refractivity contribution is 5.91. The van der Waals surface area contributed by atoms with Crippen molar-refractivity contribution in [3.63, 3.8) is 0 Å². The molecule has 124 valence electrons. The average Bonchev–Trinajstić information content (AvgIpc) is 2.93. The molecular formula is C20H21NO3. The van der Waals surface area contributed by atoms with Crippen molar-refractivity contribution in [3.8, 4) is 0 Å². The molecule has 4 heteroatoms. The Kier molecular flexibility index (Phi) is 4.16. The molecule has 4 nitrogen and oxygen atoms in total. The van der Waals surface area contributed by atoms with E-state index in [4.69, 9.17) is 4.74 Å². The van der Waals surface area contributed by atoms with Gasteiger partial charge in [-0.15, -0.1) is 0 Å². The van der Waals surface area contributed by atoms with Gasteiger partial charge in [0.1, 0.15) is 11.7 Å². The number of nitrogens with zero attached hydrogens (tertiary/aromatic N) is 1. The van der Waals surface area contributed by atoms with Crippen molar-refractivity contribution >= 4 is 17.0 Å². The lowest BCUT2D eigenvalue weighted by molar-refractivity contribution is 0.0528. The molecule has 0 radical (unpaired) electrons. The largest absolute Gasteiger partial charge is 0.443 e. The fourth-order valence-corrected chi connectivity index (χ4v) is 2.69. The normalized spacial score (nSPS) is 13.0. The zero-order valence-electron chi connectivity index (χ0n) is 14.1. The van der Waals surface area contributed by atoms with E-state index in [2.05, 4.69) is 0 Å². The summed E-state index contributed by atoms with van der Waals surface area (Å²) in [6.45, 7) is 5.47. The number of hydrogen-bond acceptors (Lipinski definition) is 3. The fourth-order valence-electron chi connectivity index (χ4n) is 2.69. The van der Waals surface area contributed by atoms with Crippen molar-refractivity contribution in [2.75, 3.05) is 0 Å². The Labute approximate surface area is 141 Å². The molecule has 24 heavy (non-hydrogen) atoms. The van der Waals surface area contributed by atoms with Gasteiger partial charge in [-0.05, 0) is 38.5 Å². The predicted octanol–water partition coefficient (Wildman–Crippen LogP) is 4.51. The lowest BCUT2D eigenvalue weighted by atomic mass is 10.1. The van der Waals surface area contributed by atoms with Crippen LogP contribution in [-0.4, -0.2) is 21.4 Å². The van der Waals surface area contributed by atoms with Crippen LogP contribution in [0.5, 0.6) is 0 Å². The summed E-state index contributed by atoms with van der Waals surface area (Å²) in [6.07, 6.45) is -1.40. The number of fused-ring (bicyclic) bond motifs is 1. The van der Waals surface area contributed by atoms with Crippen LogP contribution in [0, 0.1) is 0 Å². The molecule has 0 aliphatic rings. The average molecular weight is 323 g/mol. The third-order valence-electron chi connectivity index (χ3n) is 3.71. The van der Waals surface area contributed by atoms with E-state index >= 15 is 0 Å². The first kappa shape index (κ1) is 16.3. The molecule has 1 aromatic heterocycles. The van der Waals surface area contributed by atoms with Crippen LogP contribution in [-0.2, 0) is 4.74 Å². The summed E-state index contributed by atoms with van der Waals surface area (Å²) < 4.78 is 6.99. The van der Waals surface area contributed by atoms with Gasteiger partial charge in [-0.25, -0.2) is 9.36 Å². The lowest BCUT2D eigenvalue weighted by Gasteiger charge is -2.22. The van der Waals surface area contributed by atoms with E-state index in [1.54, 1.807) is 0 Å². The monoisotopic (exact) mass is 323 g/mol. The molecule has 0 aliphatic heterocycles. The van der Waals surface area contributed by atoms with Crippen LogP contribution in [0.15, 0.2) is 60.7 Å². The molecule has 1 heterocycles. The van der Waals surface area contributed by atoms with Crippen LogP contribution in [0.25, 0.3) is 10.9 Å². The first-order valence-corrected chi connectivity index (χ1v) is 7.93. The van der Waals surface area contributed by atoms with Crippen LogP contribution in [0.1, 0.15) is 38.1 Å². The Morgan fingerprint density at radius 2 is 1.67 bits per heavy atom. The summed E-state index contributed by atoms with van der Waals surface area (Å²) in [4.78, 5) is 12.7. The van der Waals surface area contributed by atoms with Gasteiger partial charge < -0.3 is 9.84 Å². The van der Waals surface area contributed by atoms with E-state index in [-0.39, 0.29) is 0 Å². The number of ether oxygens (including phenoxy) is 1. The molecule has 0 bridgehead atoms. The van der Waals surface area contributed by atoms with Crippen LogP contribution >= 0.6 is 0 Å². The highest BCUT2D eigenvalue weighted by Gasteiger charge is 2.25. The molecule has 0 saturated heterocycles. The van der Waals surface area contributed by atoms with Gasteiger partial charge in [-0.1, -0.05) is 48.5 Å². The maximum Gasteiger partial charge on any atom is 0.419 e. The first-order valence-electron chi connectivity index (χ1n) is 7.93. The number of carbonyl (C=O) groups is 1. The standard InChI is InChI=1S/C20H21NO3/c1-20(2,3)24-19(23)21-16-12-8-7-11-15(16)13-17(21)18(22)14-9-5-4-6-10-14/h4-13,18,22H,1-3H3. The highest BCUT2D eigenvalue weighted by atomic mass is 16.6. The quantitative estimate of drug-likeness (QED) is 0.755. The Bertz CT molecular complexity index is 859. The van der Waals surface area contributed by atoms with Crippen LogP contribution in [0.3, 0.4) is 0 Å². The minimum absolute atomic E-state index is 0.492. The molecule has 0 fully saturated rings. The molecule has 3 aromatic rings. The summed E-state index contributed by atoms with van der Waals surface area (Å²) in [7, 11) is 0. The van der Waals surface area contributed by atoms with Gasteiger partial charge in [-0.2, -0.15) is 0 Å². The maximum atomic E-state index is 12.7. The second-order valence-electron chi connectivity index (χ2n) is 6.76. The zero-order valence-corrected chi connectivity index (χ0v) is 14.1. The third kappa shape index (κ3) is 3.19. The molecule has 1 unspecified atom stereocenters. The second-order valence-corrected chi connectivity index (χ2v) is 6.76. The third-order valence-corrected chi connectivity index (χ3v) is 3.71. The first-order chi connectivity index (χ1) is 11.4.